The molecule has 5 nitrogen and oxygen atoms in total. The molecular formula is C14H22N4O. The summed E-state index contributed by atoms with van der Waals surface area (Å²) in [6, 6.07) is 6.71. The number of hydrazine groups is 1. The van der Waals surface area contributed by atoms with Gasteiger partial charge in [-0.1, -0.05) is 13.0 Å². The Hall–Kier alpha value is -1.46. The van der Waals surface area contributed by atoms with Gasteiger partial charge in [-0.05, 0) is 38.3 Å². The smallest absolute Gasteiger partial charge is 0.283 e. The molecule has 1 amide bonds. The summed E-state index contributed by atoms with van der Waals surface area (Å²) < 4.78 is 0. The van der Waals surface area contributed by atoms with Gasteiger partial charge in [0.05, 0.1) is 5.69 Å². The first-order chi connectivity index (χ1) is 9.15. The highest BCUT2D eigenvalue weighted by atomic mass is 16.2. The maximum atomic E-state index is 11.5. The topological polar surface area (TPSA) is 71.2 Å². The molecule has 0 spiro atoms. The van der Waals surface area contributed by atoms with E-state index in [1.807, 2.05) is 12.1 Å². The Kier molecular flexibility index (Phi) is 4.50. The number of nitrogens with one attached hydrogen (secondary N) is 1. The fourth-order valence-electron chi connectivity index (χ4n) is 2.80. The average Bonchev–Trinajstić information content (AvgIpc) is 2.79. The summed E-state index contributed by atoms with van der Waals surface area (Å²) in [6.07, 6.45) is 3.65. The van der Waals surface area contributed by atoms with Crippen molar-refractivity contribution in [2.24, 2.45) is 5.84 Å². The summed E-state index contributed by atoms with van der Waals surface area (Å²) >= 11 is 0. The first kappa shape index (κ1) is 14.0. The van der Waals surface area contributed by atoms with Gasteiger partial charge in [0, 0.05) is 18.6 Å². The molecule has 2 atom stereocenters. The van der Waals surface area contributed by atoms with E-state index in [2.05, 4.69) is 29.2 Å². The SMILES string of the molecule is CCC1CCC(C)N1Cc1cccc(C(=O)NN)n1. The molecule has 1 aliphatic heterocycles. The lowest BCUT2D eigenvalue weighted by Gasteiger charge is -2.27. The van der Waals surface area contributed by atoms with Crippen molar-refractivity contribution in [3.63, 3.8) is 0 Å². The summed E-state index contributed by atoms with van der Waals surface area (Å²) in [5.41, 5.74) is 3.42. The quantitative estimate of drug-likeness (QED) is 0.489. The largest absolute Gasteiger partial charge is 0.292 e. The molecule has 1 aliphatic rings. The molecule has 1 saturated heterocycles. The third-order valence-electron chi connectivity index (χ3n) is 3.94. The Labute approximate surface area is 114 Å². The zero-order valence-electron chi connectivity index (χ0n) is 11.6. The molecule has 1 fully saturated rings. The fraction of sp³-hybridized carbons (Fsp3) is 0.571. The number of pyridine rings is 1. The van der Waals surface area contributed by atoms with Crippen LogP contribution in [0.5, 0.6) is 0 Å². The second kappa shape index (κ2) is 6.12. The van der Waals surface area contributed by atoms with E-state index in [1.165, 1.54) is 12.8 Å². The Morgan fingerprint density at radius 1 is 1.53 bits per heavy atom. The molecule has 2 rings (SSSR count). The van der Waals surface area contributed by atoms with Crippen LogP contribution in [0.3, 0.4) is 0 Å². The van der Waals surface area contributed by atoms with Gasteiger partial charge in [0.2, 0.25) is 0 Å². The number of amides is 1. The maximum absolute atomic E-state index is 11.5. The van der Waals surface area contributed by atoms with Crippen molar-refractivity contribution in [3.05, 3.63) is 29.6 Å². The highest BCUT2D eigenvalue weighted by molar-refractivity contribution is 5.91. The van der Waals surface area contributed by atoms with Gasteiger partial charge in [-0.15, -0.1) is 0 Å². The van der Waals surface area contributed by atoms with Crippen LogP contribution in [0.2, 0.25) is 0 Å². The number of carbonyl (C=O) groups excluding carboxylic acids is 1. The number of likely N-dealkylation sites (tertiary alicyclic amines) is 1. The van der Waals surface area contributed by atoms with Gasteiger partial charge in [0.15, 0.2) is 0 Å². The van der Waals surface area contributed by atoms with E-state index >= 15 is 0 Å². The number of hydrogen-bond donors (Lipinski definition) is 2. The zero-order valence-corrected chi connectivity index (χ0v) is 11.6. The van der Waals surface area contributed by atoms with Crippen LogP contribution < -0.4 is 11.3 Å². The van der Waals surface area contributed by atoms with Crippen LogP contribution in [0.1, 0.15) is 49.3 Å². The Morgan fingerprint density at radius 2 is 2.32 bits per heavy atom. The van der Waals surface area contributed by atoms with Crippen molar-refractivity contribution in [3.8, 4) is 0 Å². The first-order valence-corrected chi connectivity index (χ1v) is 6.88. The molecule has 0 aliphatic carbocycles. The van der Waals surface area contributed by atoms with Crippen molar-refractivity contribution in [1.82, 2.24) is 15.3 Å². The lowest BCUT2D eigenvalue weighted by molar-refractivity contribution is 0.0948. The van der Waals surface area contributed by atoms with Crippen LogP contribution in [-0.2, 0) is 6.54 Å². The highest BCUT2D eigenvalue weighted by Gasteiger charge is 2.29. The van der Waals surface area contributed by atoms with Crippen LogP contribution >= 0.6 is 0 Å². The van der Waals surface area contributed by atoms with Crippen molar-refractivity contribution < 1.29 is 4.79 Å². The van der Waals surface area contributed by atoms with E-state index in [9.17, 15) is 4.79 Å². The lowest BCUT2D eigenvalue weighted by atomic mass is 10.1. The maximum Gasteiger partial charge on any atom is 0.283 e. The van der Waals surface area contributed by atoms with Crippen molar-refractivity contribution in [1.29, 1.82) is 0 Å². The number of carbonyl (C=O) groups is 1. The number of nitrogen functional groups attached to an aromatic ring is 1. The predicted molar refractivity (Wildman–Crippen MR) is 74.2 cm³/mol. The average molecular weight is 262 g/mol. The van der Waals surface area contributed by atoms with Gasteiger partial charge in [-0.3, -0.25) is 15.1 Å². The minimum atomic E-state index is -0.344. The summed E-state index contributed by atoms with van der Waals surface area (Å²) in [5, 5.41) is 0. The molecule has 5 heteroatoms. The predicted octanol–water partition coefficient (Wildman–Crippen LogP) is 1.45. The minimum absolute atomic E-state index is 0.344. The highest BCUT2D eigenvalue weighted by Crippen LogP contribution is 2.27. The van der Waals surface area contributed by atoms with E-state index < -0.39 is 0 Å². The number of nitrogens with two attached hydrogens (primary N) is 1. The monoisotopic (exact) mass is 262 g/mol. The van der Waals surface area contributed by atoms with Gasteiger partial charge in [0.1, 0.15) is 5.69 Å². The molecule has 0 saturated carbocycles. The van der Waals surface area contributed by atoms with Gasteiger partial charge in [-0.2, -0.15) is 0 Å². The lowest BCUT2D eigenvalue weighted by Crippen LogP contribution is -2.34. The minimum Gasteiger partial charge on any atom is -0.292 e. The molecule has 0 aromatic carbocycles. The molecule has 2 heterocycles. The van der Waals surface area contributed by atoms with E-state index in [1.54, 1.807) is 6.07 Å². The van der Waals surface area contributed by atoms with E-state index in [4.69, 9.17) is 5.84 Å². The summed E-state index contributed by atoms with van der Waals surface area (Å²) in [5.74, 6) is 4.79. The summed E-state index contributed by atoms with van der Waals surface area (Å²) in [4.78, 5) is 18.3. The number of rotatable bonds is 4. The van der Waals surface area contributed by atoms with Crippen LogP contribution in [0, 0.1) is 0 Å². The van der Waals surface area contributed by atoms with Gasteiger partial charge >= 0.3 is 0 Å². The van der Waals surface area contributed by atoms with E-state index in [0.29, 0.717) is 17.8 Å². The molecule has 0 radical (unpaired) electrons. The zero-order chi connectivity index (χ0) is 13.8. The normalized spacial score (nSPS) is 23.5. The Balaban J connectivity index is 2.12. The van der Waals surface area contributed by atoms with E-state index in [0.717, 1.165) is 18.7 Å². The van der Waals surface area contributed by atoms with Crippen molar-refractivity contribution in [2.45, 2.75) is 51.7 Å². The number of hydrogen-bond acceptors (Lipinski definition) is 4. The standard InChI is InChI=1S/C14H22N4O/c1-3-12-8-7-10(2)18(12)9-11-5-4-6-13(16-11)14(19)17-15/h4-6,10,12H,3,7-9,15H2,1-2H3,(H,17,19). The second-order valence-electron chi connectivity index (χ2n) is 5.15. The molecular weight excluding hydrogens is 240 g/mol. The van der Waals surface area contributed by atoms with Gasteiger partial charge < -0.3 is 0 Å². The summed E-state index contributed by atoms with van der Waals surface area (Å²) in [6.45, 7) is 5.28. The molecule has 1 aromatic heterocycles. The van der Waals surface area contributed by atoms with Gasteiger partial charge in [-0.25, -0.2) is 10.8 Å². The van der Waals surface area contributed by atoms with E-state index in [-0.39, 0.29) is 5.91 Å². The third kappa shape index (κ3) is 3.11. The molecule has 19 heavy (non-hydrogen) atoms. The Morgan fingerprint density at radius 3 is 3.00 bits per heavy atom. The fourth-order valence-corrected chi connectivity index (χ4v) is 2.80. The number of aromatic nitrogens is 1. The third-order valence-corrected chi connectivity index (χ3v) is 3.94. The van der Waals surface area contributed by atoms with Crippen LogP contribution in [0.4, 0.5) is 0 Å². The van der Waals surface area contributed by atoms with Crippen LogP contribution in [0.25, 0.3) is 0 Å². The number of nitrogens with zero attached hydrogens (tertiary/aromatic N) is 2. The molecule has 0 bridgehead atoms. The van der Waals surface area contributed by atoms with Crippen molar-refractivity contribution >= 4 is 5.91 Å². The molecule has 3 N–H and O–H groups in total. The van der Waals surface area contributed by atoms with Crippen LogP contribution in [-0.4, -0.2) is 27.9 Å². The molecule has 1 aromatic rings. The Bertz CT molecular complexity index is 449. The van der Waals surface area contributed by atoms with Crippen LogP contribution in [0.15, 0.2) is 18.2 Å². The second-order valence-corrected chi connectivity index (χ2v) is 5.15. The summed E-state index contributed by atoms with van der Waals surface area (Å²) in [7, 11) is 0. The molecule has 2 unspecified atom stereocenters. The molecule has 104 valence electrons. The first-order valence-electron chi connectivity index (χ1n) is 6.88. The van der Waals surface area contributed by atoms with Gasteiger partial charge in [0.25, 0.3) is 5.91 Å². The van der Waals surface area contributed by atoms with Crippen molar-refractivity contribution in [2.75, 3.05) is 0 Å².